The van der Waals surface area contributed by atoms with E-state index in [-0.39, 0.29) is 5.38 Å². The molecule has 1 rings (SSSR count). The summed E-state index contributed by atoms with van der Waals surface area (Å²) in [5.41, 5.74) is 0.0349. The van der Waals surface area contributed by atoms with Crippen LogP contribution in [0.3, 0.4) is 0 Å². The second kappa shape index (κ2) is 7.12. The molecule has 6 heteroatoms. The molecule has 19 heavy (non-hydrogen) atoms. The van der Waals surface area contributed by atoms with Gasteiger partial charge in [-0.25, -0.2) is 0 Å². The lowest BCUT2D eigenvalue weighted by Crippen LogP contribution is -2.28. The zero-order chi connectivity index (χ0) is 14.5. The van der Waals surface area contributed by atoms with Crippen molar-refractivity contribution in [3.8, 4) is 0 Å². The van der Waals surface area contributed by atoms with E-state index in [0.717, 1.165) is 25.2 Å². The highest BCUT2D eigenvalue weighted by Crippen LogP contribution is 2.30. The molecule has 0 heterocycles. The third-order valence-corrected chi connectivity index (χ3v) is 3.07. The van der Waals surface area contributed by atoms with E-state index in [4.69, 9.17) is 11.6 Å². The van der Waals surface area contributed by atoms with Crippen LogP contribution in [0.4, 0.5) is 13.2 Å². The second-order valence-electron chi connectivity index (χ2n) is 4.59. The van der Waals surface area contributed by atoms with Gasteiger partial charge < -0.3 is 10.2 Å². The van der Waals surface area contributed by atoms with E-state index in [1.54, 1.807) is 0 Å². The molecule has 1 aromatic rings. The fraction of sp³-hybridized carbons (Fsp3) is 0.538. The molecule has 1 aromatic carbocycles. The highest BCUT2D eigenvalue weighted by Gasteiger charge is 2.30. The Balaban J connectivity index is 2.47. The SMILES string of the molecule is CN(C)CCNCC(Cl)c1ccc(C(F)(F)F)cc1. The summed E-state index contributed by atoms with van der Waals surface area (Å²) in [6, 6.07) is 4.97. The molecule has 0 aliphatic carbocycles. The molecule has 0 amide bonds. The largest absolute Gasteiger partial charge is 0.416 e. The second-order valence-corrected chi connectivity index (χ2v) is 5.12. The first-order chi connectivity index (χ1) is 8.80. The van der Waals surface area contributed by atoms with Crippen molar-refractivity contribution >= 4 is 11.6 Å². The summed E-state index contributed by atoms with van der Waals surface area (Å²) in [5, 5.41) is 2.83. The molecule has 0 radical (unpaired) electrons. The van der Waals surface area contributed by atoms with Crippen LogP contribution in [-0.4, -0.2) is 38.6 Å². The Morgan fingerprint density at radius 3 is 2.26 bits per heavy atom. The Kier molecular flexibility index (Phi) is 6.10. The summed E-state index contributed by atoms with van der Waals surface area (Å²) < 4.78 is 37.2. The zero-order valence-electron chi connectivity index (χ0n) is 11.0. The molecule has 0 fully saturated rings. The van der Waals surface area contributed by atoms with Crippen molar-refractivity contribution in [1.29, 1.82) is 0 Å². The van der Waals surface area contributed by atoms with Gasteiger partial charge in [-0.15, -0.1) is 11.6 Å². The molecule has 1 atom stereocenters. The Labute approximate surface area is 116 Å². The lowest BCUT2D eigenvalue weighted by Gasteiger charge is -2.14. The average Bonchev–Trinajstić information content (AvgIpc) is 2.33. The van der Waals surface area contributed by atoms with E-state index in [1.807, 2.05) is 19.0 Å². The Morgan fingerprint density at radius 1 is 1.21 bits per heavy atom. The summed E-state index contributed by atoms with van der Waals surface area (Å²) in [4.78, 5) is 2.04. The maximum atomic E-state index is 12.4. The van der Waals surface area contributed by atoms with Gasteiger partial charge in [0.25, 0.3) is 0 Å². The topological polar surface area (TPSA) is 15.3 Å². The molecule has 0 spiro atoms. The Hall–Kier alpha value is -0.780. The van der Waals surface area contributed by atoms with Crippen LogP contribution < -0.4 is 5.32 Å². The number of hydrogen-bond acceptors (Lipinski definition) is 2. The van der Waals surface area contributed by atoms with Gasteiger partial charge >= 0.3 is 6.18 Å². The zero-order valence-corrected chi connectivity index (χ0v) is 11.7. The van der Waals surface area contributed by atoms with Gasteiger partial charge in [0.1, 0.15) is 0 Å². The molecule has 0 saturated carbocycles. The van der Waals surface area contributed by atoms with Gasteiger partial charge in [0.2, 0.25) is 0 Å². The molecule has 0 aliphatic rings. The minimum absolute atomic E-state index is 0.329. The molecule has 1 unspecified atom stereocenters. The van der Waals surface area contributed by atoms with Gasteiger partial charge in [-0.1, -0.05) is 12.1 Å². The van der Waals surface area contributed by atoms with Crippen molar-refractivity contribution in [2.45, 2.75) is 11.6 Å². The van der Waals surface area contributed by atoms with Crippen molar-refractivity contribution in [1.82, 2.24) is 10.2 Å². The van der Waals surface area contributed by atoms with Gasteiger partial charge in [-0.3, -0.25) is 0 Å². The molecular weight excluding hydrogens is 277 g/mol. The van der Waals surface area contributed by atoms with Crippen LogP contribution in [0.1, 0.15) is 16.5 Å². The van der Waals surface area contributed by atoms with E-state index in [1.165, 1.54) is 12.1 Å². The number of alkyl halides is 4. The minimum atomic E-state index is -4.30. The van der Waals surface area contributed by atoms with Crippen LogP contribution in [0, 0.1) is 0 Å². The average molecular weight is 295 g/mol. The summed E-state index contributed by atoms with van der Waals surface area (Å²) in [5.74, 6) is 0. The first-order valence-electron chi connectivity index (χ1n) is 5.97. The number of halogens is 4. The fourth-order valence-electron chi connectivity index (χ4n) is 1.53. The van der Waals surface area contributed by atoms with Crippen LogP contribution in [0.2, 0.25) is 0 Å². The third kappa shape index (κ3) is 5.80. The molecule has 2 nitrogen and oxygen atoms in total. The van der Waals surface area contributed by atoms with Gasteiger partial charge in [0.05, 0.1) is 10.9 Å². The smallest absolute Gasteiger partial charge is 0.314 e. The lowest BCUT2D eigenvalue weighted by atomic mass is 10.1. The molecule has 0 aliphatic heterocycles. The predicted molar refractivity (Wildman–Crippen MR) is 71.5 cm³/mol. The maximum absolute atomic E-state index is 12.4. The Bertz CT molecular complexity index is 376. The molecule has 1 N–H and O–H groups in total. The van der Waals surface area contributed by atoms with E-state index in [2.05, 4.69) is 5.32 Å². The van der Waals surface area contributed by atoms with Crippen molar-refractivity contribution in [3.05, 3.63) is 35.4 Å². The fourth-order valence-corrected chi connectivity index (χ4v) is 1.78. The predicted octanol–water partition coefficient (Wildman–Crippen LogP) is 3.14. The molecule has 0 bridgehead atoms. The number of benzene rings is 1. The molecule has 108 valence electrons. The minimum Gasteiger partial charge on any atom is -0.314 e. The summed E-state index contributed by atoms with van der Waals surface area (Å²) >= 11 is 6.13. The highest BCUT2D eigenvalue weighted by atomic mass is 35.5. The van der Waals surface area contributed by atoms with E-state index in [9.17, 15) is 13.2 Å². The van der Waals surface area contributed by atoms with Gasteiger partial charge in [0, 0.05) is 19.6 Å². The Morgan fingerprint density at radius 2 is 1.79 bits per heavy atom. The van der Waals surface area contributed by atoms with E-state index < -0.39 is 11.7 Å². The van der Waals surface area contributed by atoms with E-state index >= 15 is 0 Å². The number of hydrogen-bond donors (Lipinski definition) is 1. The van der Waals surface area contributed by atoms with Crippen LogP contribution in [0.15, 0.2) is 24.3 Å². The van der Waals surface area contributed by atoms with Crippen molar-refractivity contribution in [2.24, 2.45) is 0 Å². The van der Waals surface area contributed by atoms with Gasteiger partial charge in [-0.2, -0.15) is 13.2 Å². The highest BCUT2D eigenvalue weighted by molar-refractivity contribution is 6.21. The maximum Gasteiger partial charge on any atom is 0.416 e. The normalized spacial score (nSPS) is 13.8. The lowest BCUT2D eigenvalue weighted by molar-refractivity contribution is -0.137. The quantitative estimate of drug-likeness (QED) is 0.640. The molecule has 0 aromatic heterocycles. The van der Waals surface area contributed by atoms with Crippen molar-refractivity contribution in [3.63, 3.8) is 0 Å². The van der Waals surface area contributed by atoms with Crippen LogP contribution in [0.25, 0.3) is 0 Å². The van der Waals surface area contributed by atoms with Gasteiger partial charge in [0.15, 0.2) is 0 Å². The van der Waals surface area contributed by atoms with Crippen LogP contribution >= 0.6 is 11.6 Å². The number of rotatable bonds is 6. The molecular formula is C13H18ClF3N2. The number of nitrogens with zero attached hydrogens (tertiary/aromatic N) is 1. The summed E-state index contributed by atoms with van der Waals surface area (Å²) in [6.45, 7) is 2.20. The summed E-state index contributed by atoms with van der Waals surface area (Å²) in [6.07, 6.45) is -4.30. The van der Waals surface area contributed by atoms with Crippen molar-refractivity contribution < 1.29 is 13.2 Å². The third-order valence-electron chi connectivity index (χ3n) is 2.66. The number of nitrogens with one attached hydrogen (secondary N) is 1. The standard InChI is InChI=1S/C13H18ClF3N2/c1-19(2)8-7-18-9-12(14)10-3-5-11(6-4-10)13(15,16)17/h3-6,12,18H,7-9H2,1-2H3. The molecule has 0 saturated heterocycles. The van der Waals surface area contributed by atoms with Gasteiger partial charge in [-0.05, 0) is 31.8 Å². The first kappa shape index (κ1) is 16.3. The summed E-state index contributed by atoms with van der Waals surface area (Å²) in [7, 11) is 3.94. The van der Waals surface area contributed by atoms with Crippen LogP contribution in [-0.2, 0) is 6.18 Å². The first-order valence-corrected chi connectivity index (χ1v) is 6.41. The number of likely N-dealkylation sites (N-methyl/N-ethyl adjacent to an activating group) is 1. The van der Waals surface area contributed by atoms with E-state index in [0.29, 0.717) is 12.1 Å². The van der Waals surface area contributed by atoms with Crippen LogP contribution in [0.5, 0.6) is 0 Å². The monoisotopic (exact) mass is 294 g/mol. The van der Waals surface area contributed by atoms with Crippen molar-refractivity contribution in [2.75, 3.05) is 33.7 Å².